The van der Waals surface area contributed by atoms with Crippen LogP contribution in [0.5, 0.6) is 0 Å². The topological polar surface area (TPSA) is 59.2 Å². The largest absolute Gasteiger partial charge is 0.384 e. The maximum absolute atomic E-state index is 12.9. The quantitative estimate of drug-likeness (QED) is 0.879. The van der Waals surface area contributed by atoms with Crippen LogP contribution in [-0.2, 0) is 0 Å². The van der Waals surface area contributed by atoms with Crippen molar-refractivity contribution in [3.05, 3.63) is 34.9 Å². The second kappa shape index (κ2) is 4.19. The molecule has 2 aromatic rings. The van der Waals surface area contributed by atoms with Crippen molar-refractivity contribution in [3.8, 4) is 11.4 Å². The van der Waals surface area contributed by atoms with Gasteiger partial charge < -0.3 is 9.63 Å². The van der Waals surface area contributed by atoms with Gasteiger partial charge in [0.15, 0.2) is 0 Å². The standard InChI is InChI=1S/C10H8ClFN2O2/c1-5(15)10-13-9(14-16-10)6-2-3-8(12)7(11)4-6/h2-5,15H,1H3. The number of nitrogens with zero attached hydrogens (tertiary/aromatic N) is 2. The first kappa shape index (κ1) is 11.0. The van der Waals surface area contributed by atoms with Gasteiger partial charge in [0, 0.05) is 5.56 Å². The Morgan fingerprint density at radius 3 is 2.81 bits per heavy atom. The maximum atomic E-state index is 12.9. The molecule has 0 radical (unpaired) electrons. The summed E-state index contributed by atoms with van der Waals surface area (Å²) in [5.74, 6) is -0.141. The molecule has 6 heteroatoms. The van der Waals surface area contributed by atoms with E-state index in [-0.39, 0.29) is 16.7 Å². The minimum Gasteiger partial charge on any atom is -0.384 e. The molecule has 84 valence electrons. The van der Waals surface area contributed by atoms with E-state index in [2.05, 4.69) is 10.1 Å². The molecule has 0 fully saturated rings. The van der Waals surface area contributed by atoms with E-state index in [1.807, 2.05) is 0 Å². The molecule has 0 saturated carbocycles. The highest BCUT2D eigenvalue weighted by Crippen LogP contribution is 2.23. The highest BCUT2D eigenvalue weighted by Gasteiger charge is 2.13. The first-order valence-electron chi connectivity index (χ1n) is 4.55. The summed E-state index contributed by atoms with van der Waals surface area (Å²) < 4.78 is 17.7. The van der Waals surface area contributed by atoms with Crippen LogP contribution in [-0.4, -0.2) is 15.2 Å². The summed E-state index contributed by atoms with van der Waals surface area (Å²) in [7, 11) is 0. The Morgan fingerprint density at radius 1 is 1.50 bits per heavy atom. The fourth-order valence-electron chi connectivity index (χ4n) is 1.16. The molecule has 0 aliphatic rings. The van der Waals surface area contributed by atoms with Gasteiger partial charge in [0.25, 0.3) is 5.89 Å². The van der Waals surface area contributed by atoms with Gasteiger partial charge in [-0.1, -0.05) is 16.8 Å². The van der Waals surface area contributed by atoms with E-state index in [0.717, 1.165) is 0 Å². The lowest BCUT2D eigenvalue weighted by Crippen LogP contribution is -1.90. The molecule has 0 aliphatic heterocycles. The van der Waals surface area contributed by atoms with Gasteiger partial charge in [0.1, 0.15) is 11.9 Å². The van der Waals surface area contributed by atoms with Gasteiger partial charge in [-0.25, -0.2) is 4.39 Å². The lowest BCUT2D eigenvalue weighted by atomic mass is 10.2. The SMILES string of the molecule is CC(O)c1nc(-c2ccc(F)c(Cl)c2)no1. The van der Waals surface area contributed by atoms with Crippen molar-refractivity contribution in [2.24, 2.45) is 0 Å². The summed E-state index contributed by atoms with van der Waals surface area (Å²) in [5, 5.41) is 12.8. The average molecular weight is 243 g/mol. The number of aromatic nitrogens is 2. The number of rotatable bonds is 2. The second-order valence-electron chi connectivity index (χ2n) is 3.26. The van der Waals surface area contributed by atoms with E-state index in [1.165, 1.54) is 25.1 Å². The van der Waals surface area contributed by atoms with E-state index in [4.69, 9.17) is 16.1 Å². The van der Waals surface area contributed by atoms with Crippen molar-refractivity contribution in [1.29, 1.82) is 0 Å². The molecular weight excluding hydrogens is 235 g/mol. The number of aliphatic hydroxyl groups excluding tert-OH is 1. The Morgan fingerprint density at radius 2 is 2.25 bits per heavy atom. The lowest BCUT2D eigenvalue weighted by molar-refractivity contribution is 0.152. The number of benzene rings is 1. The third kappa shape index (κ3) is 2.05. The van der Waals surface area contributed by atoms with Crippen molar-refractivity contribution in [2.45, 2.75) is 13.0 Å². The molecule has 1 N–H and O–H groups in total. The van der Waals surface area contributed by atoms with Gasteiger partial charge in [0.2, 0.25) is 5.82 Å². The molecule has 1 unspecified atom stereocenters. The molecule has 1 heterocycles. The van der Waals surface area contributed by atoms with E-state index in [0.29, 0.717) is 5.56 Å². The van der Waals surface area contributed by atoms with Gasteiger partial charge >= 0.3 is 0 Å². The molecule has 1 aromatic heterocycles. The molecule has 1 atom stereocenters. The van der Waals surface area contributed by atoms with Crippen LogP contribution < -0.4 is 0 Å². The molecule has 2 rings (SSSR count). The van der Waals surface area contributed by atoms with Crippen LogP contribution in [0.3, 0.4) is 0 Å². The van der Waals surface area contributed by atoms with Gasteiger partial charge in [-0.05, 0) is 25.1 Å². The summed E-state index contributed by atoms with van der Waals surface area (Å²) in [6.45, 7) is 1.51. The summed E-state index contributed by atoms with van der Waals surface area (Å²) in [5.41, 5.74) is 0.530. The van der Waals surface area contributed by atoms with E-state index >= 15 is 0 Å². The Bertz CT molecular complexity index is 513. The van der Waals surface area contributed by atoms with Gasteiger partial charge in [0.05, 0.1) is 5.02 Å². The third-order valence-electron chi connectivity index (χ3n) is 1.98. The lowest BCUT2D eigenvalue weighted by Gasteiger charge is -1.96. The van der Waals surface area contributed by atoms with Crippen molar-refractivity contribution >= 4 is 11.6 Å². The summed E-state index contributed by atoms with van der Waals surface area (Å²) in [6, 6.07) is 4.10. The van der Waals surface area contributed by atoms with Crippen molar-refractivity contribution in [2.75, 3.05) is 0 Å². The second-order valence-corrected chi connectivity index (χ2v) is 3.67. The number of hydrogen-bond acceptors (Lipinski definition) is 4. The smallest absolute Gasteiger partial charge is 0.255 e. The molecule has 4 nitrogen and oxygen atoms in total. The van der Waals surface area contributed by atoms with Crippen LogP contribution in [0, 0.1) is 5.82 Å². The number of aliphatic hydroxyl groups is 1. The summed E-state index contributed by atoms with van der Waals surface area (Å²) in [4.78, 5) is 3.94. The Balaban J connectivity index is 2.39. The molecular formula is C10H8ClFN2O2. The first-order chi connectivity index (χ1) is 7.58. The molecule has 0 spiro atoms. The summed E-state index contributed by atoms with van der Waals surface area (Å²) in [6.07, 6.45) is -0.836. The van der Waals surface area contributed by atoms with E-state index in [9.17, 15) is 9.50 Å². The minimum atomic E-state index is -0.836. The third-order valence-corrected chi connectivity index (χ3v) is 2.27. The Kier molecular flexibility index (Phi) is 2.89. The first-order valence-corrected chi connectivity index (χ1v) is 4.93. The van der Waals surface area contributed by atoms with Crippen LogP contribution in [0.2, 0.25) is 5.02 Å². The fraction of sp³-hybridized carbons (Fsp3) is 0.200. The van der Waals surface area contributed by atoms with Crippen molar-refractivity contribution in [3.63, 3.8) is 0 Å². The fourth-order valence-corrected chi connectivity index (χ4v) is 1.34. The summed E-state index contributed by atoms with van der Waals surface area (Å²) >= 11 is 5.62. The molecule has 1 aromatic carbocycles. The highest BCUT2D eigenvalue weighted by atomic mass is 35.5. The monoisotopic (exact) mass is 242 g/mol. The van der Waals surface area contributed by atoms with Crippen molar-refractivity contribution in [1.82, 2.24) is 10.1 Å². The van der Waals surface area contributed by atoms with Gasteiger partial charge in [-0.3, -0.25) is 0 Å². The maximum Gasteiger partial charge on any atom is 0.255 e. The van der Waals surface area contributed by atoms with Crippen LogP contribution in [0.25, 0.3) is 11.4 Å². The average Bonchev–Trinajstić information content (AvgIpc) is 2.71. The molecule has 0 bridgehead atoms. The zero-order valence-corrected chi connectivity index (χ0v) is 9.07. The van der Waals surface area contributed by atoms with Gasteiger partial charge in [-0.2, -0.15) is 4.98 Å². The Hall–Kier alpha value is -1.46. The highest BCUT2D eigenvalue weighted by molar-refractivity contribution is 6.31. The zero-order chi connectivity index (χ0) is 11.7. The zero-order valence-electron chi connectivity index (χ0n) is 8.32. The van der Waals surface area contributed by atoms with Crippen LogP contribution >= 0.6 is 11.6 Å². The van der Waals surface area contributed by atoms with Crippen LogP contribution in [0.4, 0.5) is 4.39 Å². The molecule has 16 heavy (non-hydrogen) atoms. The molecule has 0 saturated heterocycles. The minimum absolute atomic E-state index is 0.0131. The predicted octanol–water partition coefficient (Wildman–Crippen LogP) is 2.58. The van der Waals surface area contributed by atoms with Crippen LogP contribution in [0.15, 0.2) is 22.7 Å². The van der Waals surface area contributed by atoms with E-state index in [1.54, 1.807) is 0 Å². The van der Waals surface area contributed by atoms with Gasteiger partial charge in [-0.15, -0.1) is 0 Å². The molecule has 0 amide bonds. The number of halogens is 2. The normalized spacial score (nSPS) is 12.8. The number of hydrogen-bond donors (Lipinski definition) is 1. The molecule has 0 aliphatic carbocycles. The van der Waals surface area contributed by atoms with Crippen LogP contribution in [0.1, 0.15) is 18.9 Å². The Labute approximate surface area is 95.7 Å². The van der Waals surface area contributed by atoms with Crippen molar-refractivity contribution < 1.29 is 14.0 Å². The predicted molar refractivity (Wildman–Crippen MR) is 55.3 cm³/mol. The van der Waals surface area contributed by atoms with E-state index < -0.39 is 11.9 Å².